The fourth-order valence-corrected chi connectivity index (χ4v) is 2.97. The van der Waals surface area contributed by atoms with Gasteiger partial charge in [0.1, 0.15) is 0 Å². The highest BCUT2D eigenvalue weighted by atomic mass is 16.2. The molecule has 4 heteroatoms. The number of benzene rings is 2. The van der Waals surface area contributed by atoms with Crippen LogP contribution in [-0.4, -0.2) is 34.2 Å². The van der Waals surface area contributed by atoms with E-state index >= 15 is 0 Å². The average Bonchev–Trinajstić information content (AvgIpc) is 3.22. The van der Waals surface area contributed by atoms with E-state index in [1.165, 1.54) is 4.90 Å². The first-order valence-corrected chi connectivity index (χ1v) is 9.00. The highest BCUT2D eigenvalue weighted by Gasteiger charge is 2.24. The van der Waals surface area contributed by atoms with Crippen molar-refractivity contribution in [2.45, 2.75) is 26.8 Å². The van der Waals surface area contributed by atoms with Crippen LogP contribution in [0.15, 0.2) is 67.0 Å². The summed E-state index contributed by atoms with van der Waals surface area (Å²) in [6.07, 6.45) is 3.90. The van der Waals surface area contributed by atoms with E-state index in [0.29, 0.717) is 11.1 Å². The van der Waals surface area contributed by atoms with Gasteiger partial charge in [-0.15, -0.1) is 0 Å². The summed E-state index contributed by atoms with van der Waals surface area (Å²) >= 11 is 0. The molecular weight excluding hydrogens is 336 g/mol. The van der Waals surface area contributed by atoms with Crippen LogP contribution in [0, 0.1) is 13.8 Å². The van der Waals surface area contributed by atoms with E-state index in [0.717, 1.165) is 16.8 Å². The molecule has 3 rings (SSSR count). The molecule has 0 saturated carbocycles. The van der Waals surface area contributed by atoms with Crippen molar-refractivity contribution in [2.75, 3.05) is 7.05 Å². The summed E-state index contributed by atoms with van der Waals surface area (Å²) in [5.74, 6) is -0.225. The van der Waals surface area contributed by atoms with E-state index in [1.54, 1.807) is 26.1 Å². The maximum atomic E-state index is 12.8. The monoisotopic (exact) mass is 360 g/mol. The van der Waals surface area contributed by atoms with Crippen molar-refractivity contribution >= 4 is 11.7 Å². The summed E-state index contributed by atoms with van der Waals surface area (Å²) in [4.78, 5) is 27.1. The van der Waals surface area contributed by atoms with E-state index in [1.807, 2.05) is 73.3 Å². The van der Waals surface area contributed by atoms with Crippen LogP contribution >= 0.6 is 0 Å². The van der Waals surface area contributed by atoms with Gasteiger partial charge in [-0.3, -0.25) is 9.59 Å². The van der Waals surface area contributed by atoms with Gasteiger partial charge in [0.15, 0.2) is 5.78 Å². The van der Waals surface area contributed by atoms with Crippen molar-refractivity contribution < 1.29 is 9.59 Å². The van der Waals surface area contributed by atoms with E-state index in [-0.39, 0.29) is 11.7 Å². The van der Waals surface area contributed by atoms with Gasteiger partial charge in [-0.05, 0) is 74.4 Å². The Balaban J connectivity index is 1.75. The zero-order chi connectivity index (χ0) is 19.6. The van der Waals surface area contributed by atoms with Gasteiger partial charge in [-0.2, -0.15) is 0 Å². The Hall–Kier alpha value is -3.14. The van der Waals surface area contributed by atoms with Crippen LogP contribution in [0.5, 0.6) is 0 Å². The minimum absolute atomic E-state index is 0.0575. The Bertz CT molecular complexity index is 957. The molecule has 27 heavy (non-hydrogen) atoms. The van der Waals surface area contributed by atoms with Crippen LogP contribution in [0.3, 0.4) is 0 Å². The molecular formula is C23H24N2O2. The van der Waals surface area contributed by atoms with Gasteiger partial charge in [0.05, 0.1) is 6.04 Å². The summed E-state index contributed by atoms with van der Waals surface area (Å²) in [5.41, 5.74) is 4.40. The fourth-order valence-electron chi connectivity index (χ4n) is 2.97. The third-order valence-corrected chi connectivity index (χ3v) is 5.09. The molecule has 2 aromatic carbocycles. The first-order valence-electron chi connectivity index (χ1n) is 9.00. The summed E-state index contributed by atoms with van der Waals surface area (Å²) < 4.78 is 1.98. The molecule has 3 aromatic rings. The first-order chi connectivity index (χ1) is 12.9. The SMILES string of the molecule is Cc1ccc(C(=O)C(C)N(C)C(=O)c2ccc(-n3cccc3)cc2)cc1C. The maximum absolute atomic E-state index is 12.8. The third kappa shape index (κ3) is 3.85. The molecule has 0 aliphatic rings. The van der Waals surface area contributed by atoms with Gasteiger partial charge in [0, 0.05) is 36.3 Å². The van der Waals surface area contributed by atoms with Crippen molar-refractivity contribution in [2.24, 2.45) is 0 Å². The lowest BCUT2D eigenvalue weighted by molar-refractivity contribution is 0.0675. The van der Waals surface area contributed by atoms with Crippen molar-refractivity contribution in [3.63, 3.8) is 0 Å². The van der Waals surface area contributed by atoms with Gasteiger partial charge in [0.2, 0.25) is 0 Å². The van der Waals surface area contributed by atoms with Crippen LogP contribution in [0.1, 0.15) is 38.8 Å². The van der Waals surface area contributed by atoms with Gasteiger partial charge in [-0.25, -0.2) is 0 Å². The number of carbonyl (C=O) groups excluding carboxylic acids is 2. The molecule has 1 atom stereocenters. The highest BCUT2D eigenvalue weighted by molar-refractivity contribution is 6.04. The van der Waals surface area contributed by atoms with E-state index < -0.39 is 6.04 Å². The Morgan fingerprint density at radius 3 is 2.07 bits per heavy atom. The molecule has 0 aliphatic carbocycles. The number of aryl methyl sites for hydroxylation is 2. The Labute approximate surface area is 160 Å². The third-order valence-electron chi connectivity index (χ3n) is 5.09. The molecule has 0 fully saturated rings. The molecule has 4 nitrogen and oxygen atoms in total. The fraction of sp³-hybridized carbons (Fsp3) is 0.217. The summed E-state index contributed by atoms with van der Waals surface area (Å²) in [7, 11) is 1.67. The smallest absolute Gasteiger partial charge is 0.254 e. The molecule has 0 bridgehead atoms. The second kappa shape index (κ2) is 7.62. The first kappa shape index (κ1) is 18.6. The van der Waals surface area contributed by atoms with Crippen LogP contribution in [0.4, 0.5) is 0 Å². The van der Waals surface area contributed by atoms with Crippen molar-refractivity contribution in [3.05, 3.63) is 89.2 Å². The summed E-state index contributed by atoms with van der Waals surface area (Å²) in [6.45, 7) is 5.77. The maximum Gasteiger partial charge on any atom is 0.254 e. The molecule has 0 spiro atoms. The number of hydrogen-bond acceptors (Lipinski definition) is 2. The average molecular weight is 360 g/mol. The minimum atomic E-state index is -0.538. The summed E-state index contributed by atoms with van der Waals surface area (Å²) in [5, 5.41) is 0. The highest BCUT2D eigenvalue weighted by Crippen LogP contribution is 2.16. The van der Waals surface area contributed by atoms with Crippen LogP contribution in [0.25, 0.3) is 5.69 Å². The number of likely N-dealkylation sites (N-methyl/N-ethyl adjacent to an activating group) is 1. The number of rotatable bonds is 5. The Kier molecular flexibility index (Phi) is 5.26. The molecule has 0 aliphatic heterocycles. The normalized spacial score (nSPS) is 11.9. The quantitative estimate of drug-likeness (QED) is 0.631. The van der Waals surface area contributed by atoms with Crippen molar-refractivity contribution in [1.29, 1.82) is 0 Å². The second-order valence-electron chi connectivity index (χ2n) is 6.89. The van der Waals surface area contributed by atoms with Gasteiger partial charge in [-0.1, -0.05) is 12.1 Å². The van der Waals surface area contributed by atoms with Crippen molar-refractivity contribution in [1.82, 2.24) is 9.47 Å². The van der Waals surface area contributed by atoms with Crippen molar-refractivity contribution in [3.8, 4) is 5.69 Å². The topological polar surface area (TPSA) is 42.3 Å². The molecule has 1 aromatic heterocycles. The zero-order valence-electron chi connectivity index (χ0n) is 16.1. The second-order valence-corrected chi connectivity index (χ2v) is 6.89. The van der Waals surface area contributed by atoms with E-state index in [9.17, 15) is 9.59 Å². The zero-order valence-corrected chi connectivity index (χ0v) is 16.1. The molecule has 1 unspecified atom stereocenters. The number of ketones is 1. The lowest BCUT2D eigenvalue weighted by Gasteiger charge is -2.24. The lowest BCUT2D eigenvalue weighted by atomic mass is 9.99. The number of Topliss-reactive ketones (excluding diaryl/α,β-unsaturated/α-hetero) is 1. The number of aromatic nitrogens is 1. The lowest BCUT2D eigenvalue weighted by Crippen LogP contribution is -2.40. The number of nitrogens with zero attached hydrogens (tertiary/aromatic N) is 2. The van der Waals surface area contributed by atoms with Gasteiger partial charge in [0.25, 0.3) is 5.91 Å². The predicted molar refractivity (Wildman–Crippen MR) is 108 cm³/mol. The van der Waals surface area contributed by atoms with Crippen LogP contribution < -0.4 is 0 Å². The number of carbonyl (C=O) groups is 2. The Morgan fingerprint density at radius 1 is 0.889 bits per heavy atom. The van der Waals surface area contributed by atoms with E-state index in [2.05, 4.69) is 0 Å². The number of amides is 1. The molecule has 0 radical (unpaired) electrons. The molecule has 1 amide bonds. The van der Waals surface area contributed by atoms with E-state index in [4.69, 9.17) is 0 Å². The van der Waals surface area contributed by atoms with Gasteiger partial charge < -0.3 is 9.47 Å². The van der Waals surface area contributed by atoms with Crippen LogP contribution in [0.2, 0.25) is 0 Å². The molecule has 0 N–H and O–H groups in total. The standard InChI is InChI=1S/C23H24N2O2/c1-16-7-8-20(15-17(16)2)22(26)18(3)24(4)23(27)19-9-11-21(12-10-19)25-13-5-6-14-25/h5-15,18H,1-4H3. The molecule has 1 heterocycles. The van der Waals surface area contributed by atoms with Crippen LogP contribution in [-0.2, 0) is 0 Å². The summed E-state index contributed by atoms with van der Waals surface area (Å²) in [6, 6.07) is 16.4. The van der Waals surface area contributed by atoms with Gasteiger partial charge >= 0.3 is 0 Å². The predicted octanol–water partition coefficient (Wildman–Crippen LogP) is 4.44. The Morgan fingerprint density at radius 2 is 1.48 bits per heavy atom. The minimum Gasteiger partial charge on any atom is -0.332 e. The molecule has 138 valence electrons. The largest absolute Gasteiger partial charge is 0.332 e. The number of hydrogen-bond donors (Lipinski definition) is 0. The molecule has 0 saturated heterocycles.